The van der Waals surface area contributed by atoms with Crippen molar-refractivity contribution in [3.8, 4) is 0 Å². The van der Waals surface area contributed by atoms with Crippen LogP contribution in [0.15, 0.2) is 53.4 Å². The number of nitrogens with one attached hydrogen (secondary N) is 1. The number of hydrogen-bond acceptors (Lipinski definition) is 4. The third-order valence-corrected chi connectivity index (χ3v) is 5.65. The highest BCUT2D eigenvalue weighted by Crippen LogP contribution is 2.25. The molecule has 2 rings (SSSR count). The molecule has 2 aromatic rings. The zero-order valence-corrected chi connectivity index (χ0v) is 16.2. The number of carbonyl (C=O) groups is 1. The van der Waals surface area contributed by atoms with Crippen LogP contribution in [0.1, 0.15) is 12.8 Å². The van der Waals surface area contributed by atoms with Gasteiger partial charge in [-0.15, -0.1) is 11.8 Å². The fourth-order valence-electron chi connectivity index (χ4n) is 2.44. The number of hydrogen-bond donors (Lipinski definition) is 1. The van der Waals surface area contributed by atoms with Gasteiger partial charge in [0.25, 0.3) is 0 Å². The van der Waals surface area contributed by atoms with Gasteiger partial charge in [-0.3, -0.25) is 9.10 Å². The molecular weight excluding hydrogens is 375 g/mol. The standard InChI is InChI=1S/C18H21FN2O3S2/c1-25-17-7-4-3-6-16(17)20-18(22)8-5-13-21(26(2,23)24)15-11-9-14(19)10-12-15/h3-4,6-7,9-12H,5,8,13H2,1-2H3,(H,20,22). The van der Waals surface area contributed by atoms with E-state index in [1.54, 1.807) is 0 Å². The summed E-state index contributed by atoms with van der Waals surface area (Å²) in [6.07, 6.45) is 3.54. The Bertz CT molecular complexity index is 855. The minimum absolute atomic E-state index is 0.141. The van der Waals surface area contributed by atoms with Gasteiger partial charge in [-0.1, -0.05) is 12.1 Å². The fraction of sp³-hybridized carbons (Fsp3) is 0.278. The molecule has 0 fully saturated rings. The van der Waals surface area contributed by atoms with Gasteiger partial charge in [0.2, 0.25) is 15.9 Å². The second kappa shape index (κ2) is 9.05. The van der Waals surface area contributed by atoms with Crippen LogP contribution < -0.4 is 9.62 Å². The molecule has 0 bridgehead atoms. The second-order valence-electron chi connectivity index (χ2n) is 5.66. The highest BCUT2D eigenvalue weighted by atomic mass is 32.2. The van der Waals surface area contributed by atoms with Crippen molar-refractivity contribution in [2.75, 3.05) is 28.7 Å². The third kappa shape index (κ3) is 5.74. The number of para-hydroxylation sites is 1. The first-order valence-electron chi connectivity index (χ1n) is 7.97. The van der Waals surface area contributed by atoms with E-state index in [0.29, 0.717) is 12.1 Å². The van der Waals surface area contributed by atoms with Gasteiger partial charge in [-0.25, -0.2) is 12.8 Å². The zero-order valence-electron chi connectivity index (χ0n) is 14.6. The first-order valence-corrected chi connectivity index (χ1v) is 11.0. The molecule has 0 aliphatic rings. The van der Waals surface area contributed by atoms with E-state index in [1.165, 1.54) is 40.3 Å². The summed E-state index contributed by atoms with van der Waals surface area (Å²) in [6.45, 7) is 0.141. The molecule has 2 aromatic carbocycles. The Morgan fingerprint density at radius 3 is 2.42 bits per heavy atom. The number of amides is 1. The Hall–Kier alpha value is -2.06. The maximum absolute atomic E-state index is 13.1. The van der Waals surface area contributed by atoms with Crippen molar-refractivity contribution in [2.45, 2.75) is 17.7 Å². The number of carbonyl (C=O) groups excluding carboxylic acids is 1. The van der Waals surface area contributed by atoms with Crippen molar-refractivity contribution in [1.82, 2.24) is 0 Å². The molecule has 1 amide bonds. The molecule has 0 atom stereocenters. The van der Waals surface area contributed by atoms with E-state index in [2.05, 4.69) is 5.32 Å². The molecular formula is C18H21FN2O3S2. The molecule has 0 heterocycles. The third-order valence-electron chi connectivity index (χ3n) is 3.66. The quantitative estimate of drug-likeness (QED) is 0.691. The second-order valence-corrected chi connectivity index (χ2v) is 8.42. The van der Waals surface area contributed by atoms with Gasteiger partial charge in [-0.2, -0.15) is 0 Å². The number of benzene rings is 2. The lowest BCUT2D eigenvalue weighted by Gasteiger charge is -2.22. The van der Waals surface area contributed by atoms with Gasteiger partial charge in [0.05, 0.1) is 17.6 Å². The normalized spacial score (nSPS) is 11.2. The van der Waals surface area contributed by atoms with E-state index in [1.807, 2.05) is 30.5 Å². The van der Waals surface area contributed by atoms with Gasteiger partial charge < -0.3 is 5.32 Å². The summed E-state index contributed by atoms with van der Waals surface area (Å²) in [7, 11) is -3.52. The van der Waals surface area contributed by atoms with Crippen LogP contribution >= 0.6 is 11.8 Å². The minimum atomic E-state index is -3.52. The Morgan fingerprint density at radius 2 is 1.81 bits per heavy atom. The summed E-state index contributed by atoms with van der Waals surface area (Å²) in [6, 6.07) is 12.7. The average Bonchev–Trinajstić information content (AvgIpc) is 2.59. The largest absolute Gasteiger partial charge is 0.325 e. The highest BCUT2D eigenvalue weighted by molar-refractivity contribution is 7.98. The molecule has 0 saturated carbocycles. The van der Waals surface area contributed by atoms with E-state index >= 15 is 0 Å². The van der Waals surface area contributed by atoms with E-state index in [9.17, 15) is 17.6 Å². The average molecular weight is 397 g/mol. The SMILES string of the molecule is CSc1ccccc1NC(=O)CCCN(c1ccc(F)cc1)S(C)(=O)=O. The van der Waals surface area contributed by atoms with Crippen LogP contribution in [0, 0.1) is 5.82 Å². The summed E-state index contributed by atoms with van der Waals surface area (Å²) in [5.74, 6) is -0.618. The van der Waals surface area contributed by atoms with Gasteiger partial charge in [-0.05, 0) is 49.1 Å². The molecule has 5 nitrogen and oxygen atoms in total. The number of thioether (sulfide) groups is 1. The lowest BCUT2D eigenvalue weighted by Crippen LogP contribution is -2.31. The topological polar surface area (TPSA) is 66.5 Å². The molecule has 0 spiro atoms. The van der Waals surface area contributed by atoms with Crippen molar-refractivity contribution in [1.29, 1.82) is 0 Å². The van der Waals surface area contributed by atoms with Gasteiger partial charge in [0.1, 0.15) is 5.82 Å². The molecule has 1 N–H and O–H groups in total. The number of rotatable bonds is 8. The molecule has 26 heavy (non-hydrogen) atoms. The van der Waals surface area contributed by atoms with Crippen molar-refractivity contribution in [3.63, 3.8) is 0 Å². The van der Waals surface area contributed by atoms with Crippen molar-refractivity contribution in [3.05, 3.63) is 54.3 Å². The molecule has 8 heteroatoms. The zero-order chi connectivity index (χ0) is 19.2. The summed E-state index contributed by atoms with van der Waals surface area (Å²) < 4.78 is 38.2. The maximum atomic E-state index is 13.1. The summed E-state index contributed by atoms with van der Waals surface area (Å²) in [5, 5.41) is 2.84. The van der Waals surface area contributed by atoms with Crippen LogP contribution in [0.4, 0.5) is 15.8 Å². The number of anilines is 2. The summed E-state index contributed by atoms with van der Waals surface area (Å²) in [5.41, 5.74) is 1.12. The van der Waals surface area contributed by atoms with Crippen LogP contribution in [-0.4, -0.2) is 33.4 Å². The van der Waals surface area contributed by atoms with Crippen LogP contribution in [0.5, 0.6) is 0 Å². The Morgan fingerprint density at radius 1 is 1.15 bits per heavy atom. The van der Waals surface area contributed by atoms with Gasteiger partial charge in [0.15, 0.2) is 0 Å². The fourth-order valence-corrected chi connectivity index (χ4v) is 3.96. The highest BCUT2D eigenvalue weighted by Gasteiger charge is 2.17. The summed E-state index contributed by atoms with van der Waals surface area (Å²) in [4.78, 5) is 13.1. The molecule has 0 radical (unpaired) electrons. The lowest BCUT2D eigenvalue weighted by atomic mass is 10.2. The molecule has 0 aliphatic carbocycles. The van der Waals surface area contributed by atoms with Gasteiger partial charge in [0, 0.05) is 17.9 Å². The van der Waals surface area contributed by atoms with Crippen LogP contribution in [-0.2, 0) is 14.8 Å². The molecule has 0 saturated heterocycles. The van der Waals surface area contributed by atoms with E-state index in [0.717, 1.165) is 16.8 Å². The molecule has 0 aliphatic heterocycles. The Balaban J connectivity index is 1.97. The van der Waals surface area contributed by atoms with E-state index in [-0.39, 0.29) is 18.9 Å². The van der Waals surface area contributed by atoms with Crippen molar-refractivity contribution in [2.24, 2.45) is 0 Å². The van der Waals surface area contributed by atoms with Crippen LogP contribution in [0.2, 0.25) is 0 Å². The first-order chi connectivity index (χ1) is 12.3. The van der Waals surface area contributed by atoms with Crippen molar-refractivity contribution < 1.29 is 17.6 Å². The predicted molar refractivity (Wildman–Crippen MR) is 105 cm³/mol. The Labute approximate surface area is 157 Å². The monoisotopic (exact) mass is 396 g/mol. The molecule has 0 unspecified atom stereocenters. The van der Waals surface area contributed by atoms with Crippen molar-refractivity contribution >= 4 is 39.1 Å². The van der Waals surface area contributed by atoms with E-state index in [4.69, 9.17) is 0 Å². The minimum Gasteiger partial charge on any atom is -0.325 e. The van der Waals surface area contributed by atoms with Gasteiger partial charge >= 0.3 is 0 Å². The lowest BCUT2D eigenvalue weighted by molar-refractivity contribution is -0.116. The van der Waals surface area contributed by atoms with Crippen LogP contribution in [0.25, 0.3) is 0 Å². The summed E-state index contributed by atoms with van der Waals surface area (Å²) >= 11 is 1.54. The Kier molecular flexibility index (Phi) is 7.05. The number of halogens is 1. The first kappa shape index (κ1) is 20.3. The smallest absolute Gasteiger partial charge is 0.232 e. The number of sulfonamides is 1. The maximum Gasteiger partial charge on any atom is 0.232 e. The van der Waals surface area contributed by atoms with Crippen LogP contribution in [0.3, 0.4) is 0 Å². The molecule has 140 valence electrons. The predicted octanol–water partition coefficient (Wildman–Crippen LogP) is 3.73. The van der Waals surface area contributed by atoms with E-state index < -0.39 is 15.8 Å². The number of nitrogens with zero attached hydrogens (tertiary/aromatic N) is 1. The molecule has 0 aromatic heterocycles.